The number of nitrogens with zero attached hydrogens (tertiary/aromatic N) is 4. The van der Waals surface area contributed by atoms with Crippen LogP contribution in [0.4, 0.5) is 0 Å². The molecular weight excluding hydrogens is 340 g/mol. The Labute approximate surface area is 159 Å². The van der Waals surface area contributed by atoms with Crippen molar-refractivity contribution in [3.8, 4) is 0 Å². The maximum absolute atomic E-state index is 11.6. The highest BCUT2D eigenvalue weighted by atomic mass is 16.4. The van der Waals surface area contributed by atoms with E-state index in [-0.39, 0.29) is 5.69 Å². The maximum atomic E-state index is 11.6. The van der Waals surface area contributed by atoms with Gasteiger partial charge in [0.2, 0.25) is 0 Å². The van der Waals surface area contributed by atoms with Crippen molar-refractivity contribution >= 4 is 16.9 Å². The molecule has 2 heterocycles. The zero-order valence-electron chi connectivity index (χ0n) is 15.9. The van der Waals surface area contributed by atoms with Crippen LogP contribution >= 0.6 is 0 Å². The second-order valence-electron chi connectivity index (χ2n) is 7.34. The van der Waals surface area contributed by atoms with Crippen LogP contribution < -0.4 is 0 Å². The smallest absolute Gasteiger partial charge is 0.356 e. The van der Waals surface area contributed by atoms with Crippen LogP contribution in [0.1, 0.15) is 35.1 Å². The van der Waals surface area contributed by atoms with Crippen LogP contribution in [0.2, 0.25) is 0 Å². The Bertz CT molecular complexity index is 972. The largest absolute Gasteiger partial charge is 0.476 e. The Morgan fingerprint density at radius 2 is 2.15 bits per heavy atom. The summed E-state index contributed by atoms with van der Waals surface area (Å²) < 4.78 is 4.15. The minimum atomic E-state index is -0.916. The summed E-state index contributed by atoms with van der Waals surface area (Å²) >= 11 is 0. The van der Waals surface area contributed by atoms with Crippen molar-refractivity contribution in [2.45, 2.75) is 45.3 Å². The fourth-order valence-electron chi connectivity index (χ4n) is 4.26. The Kier molecular flexibility index (Phi) is 4.74. The van der Waals surface area contributed by atoms with Crippen molar-refractivity contribution in [3.05, 3.63) is 53.5 Å². The predicted octanol–water partition coefficient (Wildman–Crippen LogP) is 3.05. The van der Waals surface area contributed by atoms with Crippen molar-refractivity contribution in [2.24, 2.45) is 0 Å². The van der Waals surface area contributed by atoms with Crippen LogP contribution in [-0.2, 0) is 25.9 Å². The minimum Gasteiger partial charge on any atom is -0.476 e. The summed E-state index contributed by atoms with van der Waals surface area (Å²) in [5, 5.41) is 15.1. The van der Waals surface area contributed by atoms with E-state index in [1.807, 2.05) is 11.6 Å². The number of hydrogen-bond acceptors (Lipinski definition) is 3. The number of carboxylic acids is 1. The average molecular weight is 366 g/mol. The van der Waals surface area contributed by atoms with E-state index in [0.29, 0.717) is 6.04 Å². The molecule has 1 aromatic carbocycles. The third-order valence-electron chi connectivity index (χ3n) is 5.82. The highest BCUT2D eigenvalue weighted by Gasteiger charge is 2.30. The van der Waals surface area contributed by atoms with Gasteiger partial charge in [-0.25, -0.2) is 4.79 Å². The lowest BCUT2D eigenvalue weighted by atomic mass is 9.90. The van der Waals surface area contributed by atoms with Crippen LogP contribution in [-0.4, -0.2) is 50.0 Å². The zero-order valence-corrected chi connectivity index (χ0v) is 15.9. The molecule has 6 heteroatoms. The second-order valence-corrected chi connectivity index (χ2v) is 7.34. The predicted molar refractivity (Wildman–Crippen MR) is 105 cm³/mol. The van der Waals surface area contributed by atoms with Gasteiger partial charge in [0, 0.05) is 48.6 Å². The van der Waals surface area contributed by atoms with Crippen molar-refractivity contribution in [3.63, 3.8) is 0 Å². The molecule has 6 nitrogen and oxygen atoms in total. The van der Waals surface area contributed by atoms with E-state index in [2.05, 4.69) is 58.1 Å². The van der Waals surface area contributed by atoms with Gasteiger partial charge in [-0.3, -0.25) is 4.68 Å². The van der Waals surface area contributed by atoms with Gasteiger partial charge in [0.05, 0.1) is 0 Å². The van der Waals surface area contributed by atoms with Gasteiger partial charge in [-0.2, -0.15) is 5.10 Å². The van der Waals surface area contributed by atoms with E-state index in [4.69, 9.17) is 0 Å². The number of likely N-dealkylation sites (N-methyl/N-ethyl adjacent to an activating group) is 1. The Morgan fingerprint density at radius 3 is 2.93 bits per heavy atom. The number of para-hydroxylation sites is 1. The quantitative estimate of drug-likeness (QED) is 0.728. The molecule has 0 bridgehead atoms. The molecule has 142 valence electrons. The van der Waals surface area contributed by atoms with E-state index < -0.39 is 5.97 Å². The van der Waals surface area contributed by atoms with Crippen molar-refractivity contribution in [1.82, 2.24) is 19.2 Å². The van der Waals surface area contributed by atoms with Gasteiger partial charge in [0.25, 0.3) is 0 Å². The normalized spacial score (nSPS) is 16.8. The number of carbonyl (C=O) groups is 1. The highest BCUT2D eigenvalue weighted by Crippen LogP contribution is 2.27. The van der Waals surface area contributed by atoms with Gasteiger partial charge < -0.3 is 14.6 Å². The number of benzene rings is 1. The van der Waals surface area contributed by atoms with Gasteiger partial charge >= 0.3 is 5.97 Å². The number of aromatic carboxylic acids is 1. The van der Waals surface area contributed by atoms with Crippen molar-refractivity contribution in [2.75, 3.05) is 13.6 Å². The Morgan fingerprint density at radius 1 is 1.33 bits per heavy atom. The van der Waals surface area contributed by atoms with E-state index in [1.54, 1.807) is 0 Å². The van der Waals surface area contributed by atoms with Crippen LogP contribution in [0.15, 0.2) is 36.5 Å². The summed E-state index contributed by atoms with van der Waals surface area (Å²) in [5.74, 6) is -0.916. The van der Waals surface area contributed by atoms with Gasteiger partial charge in [0.15, 0.2) is 5.69 Å². The molecule has 1 aliphatic rings. The van der Waals surface area contributed by atoms with Gasteiger partial charge in [0.1, 0.15) is 0 Å². The summed E-state index contributed by atoms with van der Waals surface area (Å²) in [6.07, 6.45) is 4.84. The summed E-state index contributed by atoms with van der Waals surface area (Å²) in [6.45, 7) is 4.59. The van der Waals surface area contributed by atoms with Crippen LogP contribution in [0.3, 0.4) is 0 Å². The lowest BCUT2D eigenvalue weighted by Gasteiger charge is -2.31. The number of carboxylic acid groups (broad SMARTS) is 1. The van der Waals surface area contributed by atoms with E-state index in [1.165, 1.54) is 10.9 Å². The second kappa shape index (κ2) is 7.19. The molecule has 0 aliphatic heterocycles. The standard InChI is InChI=1S/C21H26N4O2/c1-3-25-19-9-8-16(14-17(19)20(22-25)21(26)27)23(2)12-13-24-11-10-15-6-4-5-7-18(15)24/h4-7,10-11,16H,3,8-9,12-14H2,1-2H3,(H,26,27). The highest BCUT2D eigenvalue weighted by molar-refractivity contribution is 5.87. The van der Waals surface area contributed by atoms with Crippen molar-refractivity contribution < 1.29 is 9.90 Å². The molecular formula is C21H26N4O2. The van der Waals surface area contributed by atoms with Crippen LogP contribution in [0.25, 0.3) is 10.9 Å². The van der Waals surface area contributed by atoms with Gasteiger partial charge in [-0.05, 0) is 50.8 Å². The number of fused-ring (bicyclic) bond motifs is 2. The number of aryl methyl sites for hydroxylation is 1. The van der Waals surface area contributed by atoms with Gasteiger partial charge in [-0.15, -0.1) is 0 Å². The summed E-state index contributed by atoms with van der Waals surface area (Å²) in [4.78, 5) is 14.0. The van der Waals surface area contributed by atoms with Gasteiger partial charge in [-0.1, -0.05) is 18.2 Å². The summed E-state index contributed by atoms with van der Waals surface area (Å²) in [6, 6.07) is 10.9. The monoisotopic (exact) mass is 366 g/mol. The number of hydrogen-bond donors (Lipinski definition) is 1. The SMILES string of the molecule is CCn1nc(C(=O)O)c2c1CCC(N(C)CCn1ccc3ccccc31)C2. The molecule has 0 amide bonds. The minimum absolute atomic E-state index is 0.237. The first-order valence-electron chi connectivity index (χ1n) is 9.64. The molecule has 3 aromatic rings. The number of aromatic nitrogens is 3. The van der Waals surface area contributed by atoms with Crippen LogP contribution in [0, 0.1) is 0 Å². The first-order chi connectivity index (χ1) is 13.1. The molecule has 0 saturated carbocycles. The first-order valence-corrected chi connectivity index (χ1v) is 9.64. The summed E-state index contributed by atoms with van der Waals surface area (Å²) in [5.41, 5.74) is 3.53. The molecule has 2 aromatic heterocycles. The zero-order chi connectivity index (χ0) is 19.0. The molecule has 0 radical (unpaired) electrons. The molecule has 4 rings (SSSR count). The topological polar surface area (TPSA) is 63.3 Å². The van der Waals surface area contributed by atoms with E-state index >= 15 is 0 Å². The number of rotatable bonds is 6. The van der Waals surface area contributed by atoms with E-state index in [9.17, 15) is 9.90 Å². The Hall–Kier alpha value is -2.60. The molecule has 0 spiro atoms. The molecule has 1 unspecified atom stereocenters. The molecule has 1 aliphatic carbocycles. The van der Waals surface area contributed by atoms with Crippen LogP contribution in [0.5, 0.6) is 0 Å². The summed E-state index contributed by atoms with van der Waals surface area (Å²) in [7, 11) is 2.14. The lowest BCUT2D eigenvalue weighted by molar-refractivity contribution is 0.0687. The third-order valence-corrected chi connectivity index (χ3v) is 5.82. The first kappa shape index (κ1) is 17.8. The molecule has 0 saturated heterocycles. The van der Waals surface area contributed by atoms with E-state index in [0.717, 1.165) is 50.2 Å². The van der Waals surface area contributed by atoms with Crippen molar-refractivity contribution in [1.29, 1.82) is 0 Å². The third kappa shape index (κ3) is 3.25. The molecule has 1 N–H and O–H groups in total. The maximum Gasteiger partial charge on any atom is 0.356 e. The fraction of sp³-hybridized carbons (Fsp3) is 0.429. The fourth-order valence-corrected chi connectivity index (χ4v) is 4.26. The lowest BCUT2D eigenvalue weighted by Crippen LogP contribution is -2.38. The average Bonchev–Trinajstić information content (AvgIpc) is 3.27. The molecule has 27 heavy (non-hydrogen) atoms. The molecule has 0 fully saturated rings. The molecule has 1 atom stereocenters. The Balaban J connectivity index is 1.47.